The highest BCUT2D eigenvalue weighted by atomic mass is 16.5. The summed E-state index contributed by atoms with van der Waals surface area (Å²) in [5.41, 5.74) is 1.90. The van der Waals surface area contributed by atoms with Crippen LogP contribution in [0.25, 0.3) is 0 Å². The van der Waals surface area contributed by atoms with E-state index in [0.717, 1.165) is 42.6 Å². The Morgan fingerprint density at radius 2 is 1.69 bits per heavy atom. The van der Waals surface area contributed by atoms with E-state index in [2.05, 4.69) is 5.32 Å². The van der Waals surface area contributed by atoms with Crippen LogP contribution in [0, 0.1) is 0 Å². The lowest BCUT2D eigenvalue weighted by Crippen LogP contribution is -2.51. The number of carbonyl (C=O) groups excluding carboxylic acids is 2. The van der Waals surface area contributed by atoms with Gasteiger partial charge in [-0.2, -0.15) is 0 Å². The third-order valence-electron chi connectivity index (χ3n) is 6.90. The quantitative estimate of drug-likeness (QED) is 0.452. The number of ether oxygens (including phenoxy) is 3. The number of nitrogens with one attached hydrogen (secondary N) is 1. The van der Waals surface area contributed by atoms with E-state index in [-0.39, 0.29) is 24.3 Å². The van der Waals surface area contributed by atoms with Crippen LogP contribution in [-0.2, 0) is 22.6 Å². The van der Waals surface area contributed by atoms with Crippen molar-refractivity contribution < 1.29 is 23.8 Å². The van der Waals surface area contributed by atoms with Gasteiger partial charge in [-0.15, -0.1) is 0 Å². The van der Waals surface area contributed by atoms with Crippen molar-refractivity contribution in [3.8, 4) is 17.2 Å². The van der Waals surface area contributed by atoms with Crippen molar-refractivity contribution in [3.63, 3.8) is 0 Å². The Kier molecular flexibility index (Phi) is 10.5. The van der Waals surface area contributed by atoms with E-state index >= 15 is 0 Å². The van der Waals surface area contributed by atoms with Crippen LogP contribution in [0.4, 0.5) is 0 Å². The van der Waals surface area contributed by atoms with Crippen LogP contribution in [0.5, 0.6) is 17.2 Å². The zero-order chi connectivity index (χ0) is 25.9. The molecule has 3 rings (SSSR count). The molecule has 0 aromatic heterocycles. The molecule has 2 aromatic rings. The Hall–Kier alpha value is -3.22. The molecule has 7 heteroatoms. The van der Waals surface area contributed by atoms with E-state index in [1.165, 1.54) is 6.42 Å². The average molecular weight is 497 g/mol. The van der Waals surface area contributed by atoms with Crippen molar-refractivity contribution in [3.05, 3.63) is 53.6 Å². The van der Waals surface area contributed by atoms with Gasteiger partial charge in [0.05, 0.1) is 21.3 Å². The summed E-state index contributed by atoms with van der Waals surface area (Å²) >= 11 is 0. The van der Waals surface area contributed by atoms with Gasteiger partial charge in [-0.3, -0.25) is 9.59 Å². The summed E-state index contributed by atoms with van der Waals surface area (Å²) in [5, 5.41) is 3.23. The standard InChI is InChI=1S/C29H40N2O5/c1-5-25(29(33)30-23-11-7-6-8-12-23)31(20-22-10-9-13-24(18-22)34-2)28(32)17-15-21-14-16-26(35-3)27(19-21)36-4/h9-10,13-14,16,18-19,23,25H,5-8,11-12,15,17,20H2,1-4H3,(H,30,33). The van der Waals surface area contributed by atoms with Crippen LogP contribution in [0.3, 0.4) is 0 Å². The SMILES string of the molecule is CCC(C(=O)NC1CCCCC1)N(Cc1cccc(OC)c1)C(=O)CCc1ccc(OC)c(OC)c1. The summed E-state index contributed by atoms with van der Waals surface area (Å²) in [7, 11) is 4.82. The fraction of sp³-hybridized carbons (Fsp3) is 0.517. The zero-order valence-electron chi connectivity index (χ0n) is 22.0. The molecule has 0 radical (unpaired) electrons. The first-order valence-electron chi connectivity index (χ1n) is 12.9. The van der Waals surface area contributed by atoms with Crippen molar-refractivity contribution in [2.24, 2.45) is 0 Å². The molecule has 0 aliphatic heterocycles. The molecule has 1 fully saturated rings. The van der Waals surface area contributed by atoms with Gasteiger partial charge in [-0.25, -0.2) is 0 Å². The maximum absolute atomic E-state index is 13.6. The van der Waals surface area contributed by atoms with Gasteiger partial charge in [0.1, 0.15) is 11.8 Å². The number of amides is 2. The van der Waals surface area contributed by atoms with Crippen molar-refractivity contribution in [2.75, 3.05) is 21.3 Å². The second-order valence-corrected chi connectivity index (χ2v) is 9.33. The fourth-order valence-electron chi connectivity index (χ4n) is 4.86. The van der Waals surface area contributed by atoms with Gasteiger partial charge in [0, 0.05) is 19.0 Å². The molecule has 7 nitrogen and oxygen atoms in total. The lowest BCUT2D eigenvalue weighted by atomic mass is 9.95. The zero-order valence-corrected chi connectivity index (χ0v) is 22.0. The Balaban J connectivity index is 1.78. The molecule has 196 valence electrons. The summed E-state index contributed by atoms with van der Waals surface area (Å²) in [5.74, 6) is 1.89. The lowest BCUT2D eigenvalue weighted by molar-refractivity contribution is -0.141. The largest absolute Gasteiger partial charge is 0.497 e. The molecule has 1 saturated carbocycles. The maximum Gasteiger partial charge on any atom is 0.243 e. The van der Waals surface area contributed by atoms with E-state index < -0.39 is 6.04 Å². The van der Waals surface area contributed by atoms with Crippen LogP contribution < -0.4 is 19.5 Å². The smallest absolute Gasteiger partial charge is 0.243 e. The molecule has 0 heterocycles. The lowest BCUT2D eigenvalue weighted by Gasteiger charge is -2.33. The van der Waals surface area contributed by atoms with Crippen LogP contribution in [0.1, 0.15) is 63.0 Å². The van der Waals surface area contributed by atoms with E-state index in [1.54, 1.807) is 26.2 Å². The van der Waals surface area contributed by atoms with Gasteiger partial charge in [0.25, 0.3) is 0 Å². The van der Waals surface area contributed by atoms with Crippen LogP contribution in [0.2, 0.25) is 0 Å². The van der Waals surface area contributed by atoms with Gasteiger partial charge in [-0.1, -0.05) is 44.4 Å². The highest BCUT2D eigenvalue weighted by molar-refractivity contribution is 5.88. The van der Waals surface area contributed by atoms with Crippen LogP contribution in [-0.4, -0.2) is 50.1 Å². The second-order valence-electron chi connectivity index (χ2n) is 9.33. The summed E-state index contributed by atoms with van der Waals surface area (Å²) in [6.07, 6.45) is 6.88. The van der Waals surface area contributed by atoms with Gasteiger partial charge in [0.2, 0.25) is 11.8 Å². The second kappa shape index (κ2) is 13.8. The van der Waals surface area contributed by atoms with E-state index in [4.69, 9.17) is 14.2 Å². The summed E-state index contributed by atoms with van der Waals surface area (Å²) < 4.78 is 16.1. The first-order chi connectivity index (χ1) is 17.5. The number of rotatable bonds is 12. The number of benzene rings is 2. The molecular weight excluding hydrogens is 456 g/mol. The number of nitrogens with zero attached hydrogens (tertiary/aromatic N) is 1. The number of hydrogen-bond donors (Lipinski definition) is 1. The fourth-order valence-corrected chi connectivity index (χ4v) is 4.86. The minimum atomic E-state index is -0.531. The molecule has 2 amide bonds. The van der Waals surface area contributed by atoms with E-state index in [9.17, 15) is 9.59 Å². The van der Waals surface area contributed by atoms with Crippen molar-refractivity contribution in [1.29, 1.82) is 0 Å². The Morgan fingerprint density at radius 1 is 0.944 bits per heavy atom. The van der Waals surface area contributed by atoms with Crippen molar-refractivity contribution >= 4 is 11.8 Å². The minimum Gasteiger partial charge on any atom is -0.497 e. The molecule has 2 aromatic carbocycles. The molecule has 0 bridgehead atoms. The third-order valence-corrected chi connectivity index (χ3v) is 6.90. The van der Waals surface area contributed by atoms with Crippen molar-refractivity contribution in [1.82, 2.24) is 10.2 Å². The Labute approximate surface area is 215 Å². The Morgan fingerprint density at radius 3 is 2.36 bits per heavy atom. The van der Waals surface area contributed by atoms with Crippen LogP contribution >= 0.6 is 0 Å². The molecule has 1 unspecified atom stereocenters. The number of aryl methyl sites for hydroxylation is 1. The molecule has 0 spiro atoms. The third kappa shape index (κ3) is 7.39. The molecule has 36 heavy (non-hydrogen) atoms. The monoisotopic (exact) mass is 496 g/mol. The summed E-state index contributed by atoms with van der Waals surface area (Å²) in [6.45, 7) is 2.31. The number of hydrogen-bond acceptors (Lipinski definition) is 5. The summed E-state index contributed by atoms with van der Waals surface area (Å²) in [4.78, 5) is 28.7. The normalized spacial score (nSPS) is 14.6. The molecule has 0 saturated heterocycles. The van der Waals surface area contributed by atoms with Gasteiger partial charge in [0.15, 0.2) is 11.5 Å². The van der Waals surface area contributed by atoms with Gasteiger partial charge < -0.3 is 24.4 Å². The number of methoxy groups -OCH3 is 3. The predicted octanol–water partition coefficient (Wildman–Crippen LogP) is 4.90. The van der Waals surface area contributed by atoms with Gasteiger partial charge >= 0.3 is 0 Å². The molecule has 1 aliphatic rings. The topological polar surface area (TPSA) is 77.1 Å². The van der Waals surface area contributed by atoms with E-state index in [0.29, 0.717) is 30.9 Å². The first-order valence-corrected chi connectivity index (χ1v) is 12.9. The highest BCUT2D eigenvalue weighted by Crippen LogP contribution is 2.28. The Bertz CT molecular complexity index is 1000. The molecule has 1 atom stereocenters. The molecular formula is C29H40N2O5. The predicted molar refractivity (Wildman–Crippen MR) is 141 cm³/mol. The minimum absolute atomic E-state index is 0.0572. The average Bonchev–Trinajstić information content (AvgIpc) is 2.92. The molecule has 1 N–H and O–H groups in total. The maximum atomic E-state index is 13.6. The highest BCUT2D eigenvalue weighted by Gasteiger charge is 2.30. The summed E-state index contributed by atoms with van der Waals surface area (Å²) in [6, 6.07) is 13.0. The first kappa shape index (κ1) is 27.4. The van der Waals surface area contributed by atoms with E-state index in [1.807, 2.05) is 49.4 Å². The molecule has 1 aliphatic carbocycles. The van der Waals surface area contributed by atoms with Gasteiger partial charge in [-0.05, 0) is 61.1 Å². The van der Waals surface area contributed by atoms with Crippen LogP contribution in [0.15, 0.2) is 42.5 Å². The van der Waals surface area contributed by atoms with Crippen molar-refractivity contribution in [2.45, 2.75) is 76.9 Å². The number of carbonyl (C=O) groups is 2.